The fraction of sp³-hybridized carbons (Fsp3) is 0.583. The molecule has 2 rings (SSSR count). The van der Waals surface area contributed by atoms with E-state index in [0.29, 0.717) is 0 Å². The molecule has 0 aromatic carbocycles. The summed E-state index contributed by atoms with van der Waals surface area (Å²) in [5, 5.41) is 0. The molecule has 0 spiro atoms. The lowest BCUT2D eigenvalue weighted by atomic mass is 10.3. The van der Waals surface area contributed by atoms with Crippen LogP contribution >= 0.6 is 0 Å². The van der Waals surface area contributed by atoms with Crippen molar-refractivity contribution in [3.05, 3.63) is 18.0 Å². The second-order valence-corrected chi connectivity index (χ2v) is 4.23. The molecule has 5 nitrogen and oxygen atoms in total. The van der Waals surface area contributed by atoms with E-state index >= 15 is 0 Å². The maximum absolute atomic E-state index is 10.7. The van der Waals surface area contributed by atoms with Crippen LogP contribution in [0.25, 0.3) is 0 Å². The van der Waals surface area contributed by atoms with E-state index in [1.165, 1.54) is 0 Å². The van der Waals surface area contributed by atoms with Gasteiger partial charge in [0, 0.05) is 38.6 Å². The first-order chi connectivity index (χ1) is 8.33. The van der Waals surface area contributed by atoms with Gasteiger partial charge in [-0.15, -0.1) is 0 Å². The monoisotopic (exact) mass is 234 g/mol. The summed E-state index contributed by atoms with van der Waals surface area (Å²) in [5.74, 6) is 0.773. The highest BCUT2D eigenvalue weighted by Crippen LogP contribution is 2.10. The third-order valence-corrected chi connectivity index (χ3v) is 3.06. The molecule has 1 aliphatic rings. The lowest BCUT2D eigenvalue weighted by molar-refractivity contribution is -0.117. The third kappa shape index (κ3) is 2.93. The molecular weight excluding hydrogens is 216 g/mol. The maximum atomic E-state index is 10.7. The van der Waals surface area contributed by atoms with Gasteiger partial charge in [0.1, 0.15) is 0 Å². The molecule has 0 radical (unpaired) electrons. The summed E-state index contributed by atoms with van der Waals surface area (Å²) in [7, 11) is 0. The first-order valence-corrected chi connectivity index (χ1v) is 6.08. The lowest BCUT2D eigenvalue weighted by Crippen LogP contribution is -2.31. The number of hydrogen-bond donors (Lipinski definition) is 0. The van der Waals surface area contributed by atoms with Crippen molar-refractivity contribution < 1.29 is 4.79 Å². The zero-order valence-corrected chi connectivity index (χ0v) is 10.2. The van der Waals surface area contributed by atoms with E-state index in [9.17, 15) is 4.79 Å². The Balaban J connectivity index is 2.03. The zero-order chi connectivity index (χ0) is 12.1. The predicted molar refractivity (Wildman–Crippen MR) is 65.9 cm³/mol. The highest BCUT2D eigenvalue weighted by Gasteiger charge is 2.15. The first-order valence-electron chi connectivity index (χ1n) is 6.08. The zero-order valence-electron chi connectivity index (χ0n) is 10.2. The number of hydrogen-bond acceptors (Lipinski definition) is 4. The van der Waals surface area contributed by atoms with E-state index in [1.807, 2.05) is 12.4 Å². The Bertz CT molecular complexity index is 365. The van der Waals surface area contributed by atoms with Crippen molar-refractivity contribution in [2.24, 2.45) is 0 Å². The van der Waals surface area contributed by atoms with Crippen LogP contribution in [0.2, 0.25) is 0 Å². The van der Waals surface area contributed by atoms with Gasteiger partial charge in [-0.3, -0.25) is 4.79 Å². The highest BCUT2D eigenvalue weighted by molar-refractivity contribution is 5.47. The number of aryl methyl sites for hydroxylation is 1. The standard InChI is InChI=1S/C12H18N4O/c1-2-11-8-13-12(14-9-11)16-5-3-4-15(10-17)6-7-16/h8-10H,2-7H2,1H3. The highest BCUT2D eigenvalue weighted by atomic mass is 16.1. The Morgan fingerprint density at radius 2 is 2.00 bits per heavy atom. The second-order valence-electron chi connectivity index (χ2n) is 4.23. The average Bonchev–Trinajstić information content (AvgIpc) is 2.64. The minimum Gasteiger partial charge on any atom is -0.343 e. The van der Waals surface area contributed by atoms with Crippen LogP contribution < -0.4 is 4.90 Å². The molecule has 1 aromatic heterocycles. The molecular formula is C12H18N4O. The van der Waals surface area contributed by atoms with Gasteiger partial charge in [0.15, 0.2) is 0 Å². The summed E-state index contributed by atoms with van der Waals surface area (Å²) in [4.78, 5) is 23.4. The molecule has 1 saturated heterocycles. The topological polar surface area (TPSA) is 49.3 Å². The number of nitrogens with zero attached hydrogens (tertiary/aromatic N) is 4. The van der Waals surface area contributed by atoms with Gasteiger partial charge in [-0.05, 0) is 18.4 Å². The van der Waals surface area contributed by atoms with Crippen LogP contribution in [0.5, 0.6) is 0 Å². The maximum Gasteiger partial charge on any atom is 0.225 e. The van der Waals surface area contributed by atoms with E-state index in [-0.39, 0.29) is 0 Å². The van der Waals surface area contributed by atoms with Crippen LogP contribution in [-0.2, 0) is 11.2 Å². The normalized spacial score (nSPS) is 16.8. The number of carbonyl (C=O) groups is 1. The van der Waals surface area contributed by atoms with E-state index in [2.05, 4.69) is 21.8 Å². The van der Waals surface area contributed by atoms with E-state index in [0.717, 1.165) is 56.9 Å². The Hall–Kier alpha value is -1.65. The molecule has 1 fully saturated rings. The van der Waals surface area contributed by atoms with Gasteiger partial charge in [-0.1, -0.05) is 6.92 Å². The Morgan fingerprint density at radius 1 is 1.24 bits per heavy atom. The fourth-order valence-electron chi connectivity index (χ4n) is 1.94. The van der Waals surface area contributed by atoms with Gasteiger partial charge >= 0.3 is 0 Å². The molecule has 0 N–H and O–H groups in total. The summed E-state index contributed by atoms with van der Waals surface area (Å²) in [5.41, 5.74) is 1.15. The Kier molecular flexibility index (Phi) is 3.90. The van der Waals surface area contributed by atoms with Crippen molar-refractivity contribution in [3.63, 3.8) is 0 Å². The average molecular weight is 234 g/mol. The number of anilines is 1. The third-order valence-electron chi connectivity index (χ3n) is 3.06. The molecule has 0 aliphatic carbocycles. The predicted octanol–water partition coefficient (Wildman–Crippen LogP) is 0.707. The summed E-state index contributed by atoms with van der Waals surface area (Å²) >= 11 is 0. The Morgan fingerprint density at radius 3 is 2.65 bits per heavy atom. The van der Waals surface area contributed by atoms with Crippen LogP contribution in [0.3, 0.4) is 0 Å². The van der Waals surface area contributed by atoms with E-state index in [4.69, 9.17) is 0 Å². The number of carbonyl (C=O) groups excluding carboxylic acids is 1. The number of aromatic nitrogens is 2. The van der Waals surface area contributed by atoms with Gasteiger partial charge in [0.05, 0.1) is 0 Å². The first kappa shape index (κ1) is 11.8. The van der Waals surface area contributed by atoms with Crippen LogP contribution in [0.15, 0.2) is 12.4 Å². The van der Waals surface area contributed by atoms with Gasteiger partial charge in [-0.2, -0.15) is 0 Å². The number of rotatable bonds is 3. The van der Waals surface area contributed by atoms with Gasteiger partial charge < -0.3 is 9.80 Å². The second kappa shape index (κ2) is 5.61. The molecule has 5 heteroatoms. The quantitative estimate of drug-likeness (QED) is 0.723. The minimum atomic E-state index is 0.752. The molecule has 0 bridgehead atoms. The molecule has 0 atom stereocenters. The van der Waals surface area contributed by atoms with Crippen molar-refractivity contribution in [2.45, 2.75) is 19.8 Å². The van der Waals surface area contributed by atoms with Gasteiger partial charge in [0.25, 0.3) is 0 Å². The van der Waals surface area contributed by atoms with Gasteiger partial charge in [-0.25, -0.2) is 9.97 Å². The molecule has 17 heavy (non-hydrogen) atoms. The molecule has 1 aliphatic heterocycles. The molecule has 1 aromatic rings. The van der Waals surface area contributed by atoms with Crippen LogP contribution in [0.1, 0.15) is 18.9 Å². The van der Waals surface area contributed by atoms with Crippen LogP contribution in [0.4, 0.5) is 5.95 Å². The van der Waals surface area contributed by atoms with Crippen LogP contribution in [-0.4, -0.2) is 47.5 Å². The molecule has 2 heterocycles. The molecule has 0 saturated carbocycles. The summed E-state index contributed by atoms with van der Waals surface area (Å²) in [6.45, 7) is 5.39. The van der Waals surface area contributed by atoms with Crippen LogP contribution in [0, 0.1) is 0 Å². The molecule has 0 unspecified atom stereocenters. The number of amides is 1. The molecule has 92 valence electrons. The van der Waals surface area contributed by atoms with Crippen molar-refractivity contribution in [1.82, 2.24) is 14.9 Å². The fourth-order valence-corrected chi connectivity index (χ4v) is 1.94. The van der Waals surface area contributed by atoms with Gasteiger partial charge in [0.2, 0.25) is 12.4 Å². The summed E-state index contributed by atoms with van der Waals surface area (Å²) in [6.07, 6.45) is 6.61. The summed E-state index contributed by atoms with van der Waals surface area (Å²) in [6, 6.07) is 0. The van der Waals surface area contributed by atoms with Crippen molar-refractivity contribution in [3.8, 4) is 0 Å². The largest absolute Gasteiger partial charge is 0.343 e. The van der Waals surface area contributed by atoms with E-state index < -0.39 is 0 Å². The smallest absolute Gasteiger partial charge is 0.225 e. The Labute approximate surface area is 101 Å². The SMILES string of the molecule is CCc1cnc(N2CCCN(C=O)CC2)nc1. The van der Waals surface area contributed by atoms with Crippen molar-refractivity contribution in [2.75, 3.05) is 31.1 Å². The molecule has 1 amide bonds. The summed E-state index contributed by atoms with van der Waals surface area (Å²) < 4.78 is 0. The van der Waals surface area contributed by atoms with Crippen molar-refractivity contribution >= 4 is 12.4 Å². The minimum absolute atomic E-state index is 0.752. The van der Waals surface area contributed by atoms with Crippen molar-refractivity contribution in [1.29, 1.82) is 0 Å². The lowest BCUT2D eigenvalue weighted by Gasteiger charge is -2.20. The van der Waals surface area contributed by atoms with E-state index in [1.54, 1.807) is 4.90 Å².